The highest BCUT2D eigenvalue weighted by Gasteiger charge is 2.36. The summed E-state index contributed by atoms with van der Waals surface area (Å²) in [6.45, 7) is 0. The fraction of sp³-hybridized carbons (Fsp3) is 0.429. The van der Waals surface area contributed by atoms with Gasteiger partial charge in [0, 0.05) is 11.1 Å². The lowest BCUT2D eigenvalue weighted by molar-refractivity contribution is -0.151. The first-order valence-corrected chi connectivity index (χ1v) is 9.07. The largest absolute Gasteiger partial charge is 0.468 e. The fourth-order valence-electron chi connectivity index (χ4n) is 3.83. The van der Waals surface area contributed by atoms with E-state index in [0.29, 0.717) is 0 Å². The summed E-state index contributed by atoms with van der Waals surface area (Å²) in [6.07, 6.45) is 6.30. The fourth-order valence-corrected chi connectivity index (χ4v) is 3.83. The van der Waals surface area contributed by atoms with Crippen molar-refractivity contribution in [2.24, 2.45) is 11.8 Å². The molecule has 1 aliphatic carbocycles. The molecule has 0 unspecified atom stereocenters. The van der Waals surface area contributed by atoms with Crippen molar-refractivity contribution in [3.8, 4) is 0 Å². The van der Waals surface area contributed by atoms with Crippen molar-refractivity contribution in [1.82, 2.24) is 0 Å². The molecule has 0 aromatic heterocycles. The van der Waals surface area contributed by atoms with Crippen LogP contribution in [0.1, 0.15) is 38.5 Å². The smallest absolute Gasteiger partial charge is 0.318 e. The van der Waals surface area contributed by atoms with Crippen LogP contribution >= 0.6 is 0 Å². The quantitative estimate of drug-likeness (QED) is 0.505. The molecule has 4 nitrogen and oxygen atoms in total. The molecule has 25 heavy (non-hydrogen) atoms. The summed E-state index contributed by atoms with van der Waals surface area (Å²) in [5.41, 5.74) is 0.741. The zero-order chi connectivity index (χ0) is 17.6. The minimum absolute atomic E-state index is 0.0601. The molecule has 132 valence electrons. The maximum atomic E-state index is 13.0. The predicted octanol–water partition coefficient (Wildman–Crippen LogP) is 4.54. The van der Waals surface area contributed by atoms with Crippen molar-refractivity contribution in [1.29, 1.82) is 0 Å². The lowest BCUT2D eigenvalue weighted by Crippen LogP contribution is -2.36. The third-order valence-corrected chi connectivity index (χ3v) is 5.16. The minimum Gasteiger partial charge on any atom is -0.468 e. The normalized spacial score (nSPS) is 16.8. The lowest BCUT2D eigenvalue weighted by Gasteiger charge is -2.23. The number of ether oxygens (including phenoxy) is 1. The van der Waals surface area contributed by atoms with Crippen LogP contribution in [0.5, 0.6) is 0 Å². The van der Waals surface area contributed by atoms with Gasteiger partial charge in [-0.2, -0.15) is 0 Å². The zero-order valence-electron chi connectivity index (χ0n) is 14.7. The van der Waals surface area contributed by atoms with Gasteiger partial charge in [-0.3, -0.25) is 9.59 Å². The highest BCUT2D eigenvalue weighted by Crippen LogP contribution is 2.31. The average Bonchev–Trinajstić information content (AvgIpc) is 2.91. The number of methoxy groups -OCH3 is 1. The van der Waals surface area contributed by atoms with Gasteiger partial charge in [-0.15, -0.1) is 0 Å². The van der Waals surface area contributed by atoms with E-state index >= 15 is 0 Å². The van der Waals surface area contributed by atoms with Gasteiger partial charge in [-0.1, -0.05) is 62.1 Å². The highest BCUT2D eigenvalue weighted by molar-refractivity contribution is 6.09. The van der Waals surface area contributed by atoms with Crippen LogP contribution in [-0.2, 0) is 14.3 Å². The van der Waals surface area contributed by atoms with Gasteiger partial charge in [0.15, 0.2) is 0 Å². The van der Waals surface area contributed by atoms with E-state index in [-0.39, 0.29) is 11.8 Å². The standard InChI is InChI=1S/C21H25NO3/c1-25-21(24)19(16-10-4-2-3-5-11-16)20(23)22-18-14-8-12-15-9-6-7-13-17(15)18/h6-9,12-14,16,19H,2-5,10-11H2,1H3,(H,22,23)/t19-/m0/s1. The van der Waals surface area contributed by atoms with E-state index in [9.17, 15) is 9.59 Å². The molecule has 1 fully saturated rings. The van der Waals surface area contributed by atoms with Crippen LogP contribution in [0, 0.1) is 11.8 Å². The van der Waals surface area contributed by atoms with E-state index in [4.69, 9.17) is 4.74 Å². The van der Waals surface area contributed by atoms with Crippen molar-refractivity contribution in [2.75, 3.05) is 12.4 Å². The maximum absolute atomic E-state index is 13.0. The van der Waals surface area contributed by atoms with E-state index in [2.05, 4.69) is 5.32 Å². The van der Waals surface area contributed by atoms with Crippen molar-refractivity contribution < 1.29 is 14.3 Å². The number of nitrogens with one attached hydrogen (secondary N) is 1. The second kappa shape index (κ2) is 8.15. The molecule has 0 aliphatic heterocycles. The molecule has 1 aliphatic rings. The van der Waals surface area contributed by atoms with Gasteiger partial charge in [0.05, 0.1) is 7.11 Å². The Kier molecular flexibility index (Phi) is 5.69. The Morgan fingerprint density at radius 3 is 2.40 bits per heavy atom. The number of hydrogen-bond acceptors (Lipinski definition) is 3. The molecule has 4 heteroatoms. The van der Waals surface area contributed by atoms with E-state index in [0.717, 1.165) is 42.1 Å². The van der Waals surface area contributed by atoms with Gasteiger partial charge >= 0.3 is 5.97 Å². The Hall–Kier alpha value is -2.36. The van der Waals surface area contributed by atoms with E-state index < -0.39 is 11.9 Å². The van der Waals surface area contributed by atoms with Gasteiger partial charge in [0.1, 0.15) is 5.92 Å². The molecule has 0 bridgehead atoms. The first-order valence-electron chi connectivity index (χ1n) is 9.07. The second-order valence-corrected chi connectivity index (χ2v) is 6.77. The van der Waals surface area contributed by atoms with Crippen molar-refractivity contribution in [3.63, 3.8) is 0 Å². The lowest BCUT2D eigenvalue weighted by atomic mass is 9.85. The molecule has 0 spiro atoms. The van der Waals surface area contributed by atoms with Gasteiger partial charge in [-0.25, -0.2) is 0 Å². The molecule has 0 saturated heterocycles. The van der Waals surface area contributed by atoms with Gasteiger partial charge in [0.2, 0.25) is 5.91 Å². The molecule has 2 aromatic rings. The number of carbonyl (C=O) groups excluding carboxylic acids is 2. The first-order chi connectivity index (χ1) is 12.2. The van der Waals surface area contributed by atoms with Gasteiger partial charge in [0.25, 0.3) is 0 Å². The Labute approximate surface area is 148 Å². The topological polar surface area (TPSA) is 55.4 Å². The monoisotopic (exact) mass is 339 g/mol. The van der Waals surface area contributed by atoms with Crippen molar-refractivity contribution in [3.05, 3.63) is 42.5 Å². The van der Waals surface area contributed by atoms with Crippen LogP contribution < -0.4 is 5.32 Å². The van der Waals surface area contributed by atoms with Gasteiger partial charge in [-0.05, 0) is 30.2 Å². The Balaban J connectivity index is 1.85. The summed E-state index contributed by atoms with van der Waals surface area (Å²) in [7, 11) is 1.36. The number of anilines is 1. The molecule has 1 amide bonds. The number of benzene rings is 2. The Morgan fingerprint density at radius 2 is 1.68 bits per heavy atom. The SMILES string of the molecule is COC(=O)[C@H](C(=O)Nc1cccc2ccccc12)C1CCCCCC1. The molecular weight excluding hydrogens is 314 g/mol. The molecule has 2 aromatic carbocycles. The van der Waals surface area contributed by atoms with Crippen LogP contribution in [-0.4, -0.2) is 19.0 Å². The third-order valence-electron chi connectivity index (χ3n) is 5.16. The molecule has 0 radical (unpaired) electrons. The van der Waals surface area contributed by atoms with E-state index in [1.807, 2.05) is 42.5 Å². The molecule has 1 N–H and O–H groups in total. The Morgan fingerprint density at radius 1 is 1.00 bits per heavy atom. The van der Waals surface area contributed by atoms with Crippen LogP contribution in [0.2, 0.25) is 0 Å². The second-order valence-electron chi connectivity index (χ2n) is 6.77. The number of hydrogen-bond donors (Lipinski definition) is 1. The van der Waals surface area contributed by atoms with Crippen molar-refractivity contribution in [2.45, 2.75) is 38.5 Å². The molecule has 0 heterocycles. The number of rotatable bonds is 4. The number of carbonyl (C=O) groups is 2. The summed E-state index contributed by atoms with van der Waals surface area (Å²) in [6, 6.07) is 13.7. The maximum Gasteiger partial charge on any atom is 0.318 e. The van der Waals surface area contributed by atoms with Crippen LogP contribution in [0.3, 0.4) is 0 Å². The first kappa shape index (κ1) is 17.5. The average molecular weight is 339 g/mol. The summed E-state index contributed by atoms with van der Waals surface area (Å²) < 4.78 is 4.95. The summed E-state index contributed by atoms with van der Waals surface area (Å²) in [5, 5.41) is 5.01. The third kappa shape index (κ3) is 4.01. The molecule has 1 atom stereocenters. The molecule has 1 saturated carbocycles. The molecule has 3 rings (SSSR count). The van der Waals surface area contributed by atoms with Crippen LogP contribution in [0.4, 0.5) is 5.69 Å². The molecular formula is C21H25NO3. The minimum atomic E-state index is -0.734. The van der Waals surface area contributed by atoms with E-state index in [1.165, 1.54) is 20.0 Å². The van der Waals surface area contributed by atoms with Crippen LogP contribution in [0.15, 0.2) is 42.5 Å². The highest BCUT2D eigenvalue weighted by atomic mass is 16.5. The predicted molar refractivity (Wildman–Crippen MR) is 99.3 cm³/mol. The van der Waals surface area contributed by atoms with Crippen LogP contribution in [0.25, 0.3) is 10.8 Å². The van der Waals surface area contributed by atoms with Gasteiger partial charge < -0.3 is 10.1 Å². The number of fused-ring (bicyclic) bond motifs is 1. The summed E-state index contributed by atoms with van der Waals surface area (Å²) in [4.78, 5) is 25.3. The number of amides is 1. The van der Waals surface area contributed by atoms with E-state index in [1.54, 1.807) is 0 Å². The Bertz CT molecular complexity index is 742. The van der Waals surface area contributed by atoms with Crippen molar-refractivity contribution >= 4 is 28.3 Å². The zero-order valence-corrected chi connectivity index (χ0v) is 14.7. The summed E-state index contributed by atoms with van der Waals surface area (Å²) in [5.74, 6) is -1.35. The number of esters is 1. The summed E-state index contributed by atoms with van der Waals surface area (Å²) >= 11 is 0.